The Morgan fingerprint density at radius 2 is 1.79 bits per heavy atom. The number of ether oxygens (including phenoxy) is 1. The largest absolute Gasteiger partial charge is 0.416 e. The summed E-state index contributed by atoms with van der Waals surface area (Å²) in [6.07, 6.45) is -5.17. The summed E-state index contributed by atoms with van der Waals surface area (Å²) in [6.45, 7) is -0.307. The van der Waals surface area contributed by atoms with Crippen LogP contribution in [0.4, 0.5) is 13.2 Å². The number of rotatable bonds is 2. The molecule has 1 fully saturated rings. The van der Waals surface area contributed by atoms with E-state index in [2.05, 4.69) is 0 Å². The molecule has 0 spiro atoms. The van der Waals surface area contributed by atoms with Crippen LogP contribution in [0.2, 0.25) is 0 Å². The summed E-state index contributed by atoms with van der Waals surface area (Å²) in [5.74, 6) is 0. The molecule has 2 rings (SSSR count). The molecule has 0 aromatic heterocycles. The van der Waals surface area contributed by atoms with E-state index < -0.39 is 23.9 Å². The standard InChI is InChI=1S/C13H15F3O3/c14-13(15,16)9-3-1-8(2-4-9)11-6-5-10(18)12(7-17)19-11/h1-4,10-12,17-18H,5-7H2/t10-,11+,12+/m0/s1. The predicted octanol–water partition coefficient (Wildman–Crippen LogP) is 2.28. The maximum atomic E-state index is 12.4. The fourth-order valence-corrected chi connectivity index (χ4v) is 2.17. The lowest BCUT2D eigenvalue weighted by Crippen LogP contribution is -2.38. The predicted molar refractivity (Wildman–Crippen MR) is 61.4 cm³/mol. The fraction of sp³-hybridized carbons (Fsp3) is 0.538. The van der Waals surface area contributed by atoms with Crippen molar-refractivity contribution in [3.05, 3.63) is 35.4 Å². The molecule has 1 aliphatic heterocycles. The molecule has 106 valence electrons. The van der Waals surface area contributed by atoms with Crippen molar-refractivity contribution in [3.63, 3.8) is 0 Å². The first kappa shape index (κ1) is 14.3. The van der Waals surface area contributed by atoms with E-state index in [1.54, 1.807) is 0 Å². The molecule has 0 amide bonds. The molecule has 1 aliphatic rings. The summed E-state index contributed by atoms with van der Waals surface area (Å²) in [7, 11) is 0. The molecular weight excluding hydrogens is 261 g/mol. The summed E-state index contributed by atoms with van der Waals surface area (Å²) in [6, 6.07) is 4.77. The van der Waals surface area contributed by atoms with Gasteiger partial charge in [0.2, 0.25) is 0 Å². The summed E-state index contributed by atoms with van der Waals surface area (Å²) in [5, 5.41) is 18.6. The molecule has 0 bridgehead atoms. The Morgan fingerprint density at radius 3 is 2.32 bits per heavy atom. The first-order valence-corrected chi connectivity index (χ1v) is 6.03. The lowest BCUT2D eigenvalue weighted by Gasteiger charge is -2.33. The highest BCUT2D eigenvalue weighted by Crippen LogP contribution is 2.34. The van der Waals surface area contributed by atoms with E-state index >= 15 is 0 Å². The second-order valence-electron chi connectivity index (χ2n) is 4.61. The molecule has 6 heteroatoms. The molecule has 1 heterocycles. The van der Waals surface area contributed by atoms with Crippen LogP contribution in [0.3, 0.4) is 0 Å². The van der Waals surface area contributed by atoms with Crippen molar-refractivity contribution in [1.82, 2.24) is 0 Å². The molecule has 3 nitrogen and oxygen atoms in total. The van der Waals surface area contributed by atoms with Gasteiger partial charge in [-0.15, -0.1) is 0 Å². The van der Waals surface area contributed by atoms with Crippen LogP contribution in [0.1, 0.15) is 30.1 Å². The van der Waals surface area contributed by atoms with Gasteiger partial charge in [0.1, 0.15) is 6.10 Å². The molecule has 1 saturated heterocycles. The third kappa shape index (κ3) is 3.26. The lowest BCUT2D eigenvalue weighted by atomic mass is 9.96. The van der Waals surface area contributed by atoms with Gasteiger partial charge in [-0.1, -0.05) is 12.1 Å². The van der Waals surface area contributed by atoms with Gasteiger partial charge in [-0.3, -0.25) is 0 Å². The fourth-order valence-electron chi connectivity index (χ4n) is 2.17. The first-order chi connectivity index (χ1) is 8.91. The van der Waals surface area contributed by atoms with Gasteiger partial charge < -0.3 is 14.9 Å². The minimum Gasteiger partial charge on any atom is -0.394 e. The smallest absolute Gasteiger partial charge is 0.394 e. The zero-order chi connectivity index (χ0) is 14.0. The van der Waals surface area contributed by atoms with Gasteiger partial charge in [-0.05, 0) is 30.5 Å². The van der Waals surface area contributed by atoms with E-state index in [-0.39, 0.29) is 12.7 Å². The summed E-state index contributed by atoms with van der Waals surface area (Å²) in [5.41, 5.74) is -0.0795. The van der Waals surface area contributed by atoms with Crippen LogP contribution in [-0.4, -0.2) is 29.0 Å². The zero-order valence-electron chi connectivity index (χ0n) is 10.1. The van der Waals surface area contributed by atoms with Crippen LogP contribution in [0.25, 0.3) is 0 Å². The van der Waals surface area contributed by atoms with Crippen LogP contribution in [0, 0.1) is 0 Å². The van der Waals surface area contributed by atoms with Gasteiger partial charge >= 0.3 is 6.18 Å². The van der Waals surface area contributed by atoms with Crippen LogP contribution in [0.15, 0.2) is 24.3 Å². The number of hydrogen-bond acceptors (Lipinski definition) is 3. The molecule has 0 saturated carbocycles. The molecule has 2 N–H and O–H groups in total. The minimum atomic E-state index is -4.35. The Bertz CT molecular complexity index is 416. The highest BCUT2D eigenvalue weighted by Gasteiger charge is 2.32. The highest BCUT2D eigenvalue weighted by atomic mass is 19.4. The minimum absolute atomic E-state index is 0.307. The Morgan fingerprint density at radius 1 is 1.16 bits per heavy atom. The Balaban J connectivity index is 2.10. The molecule has 1 aromatic rings. The Labute approximate surface area is 108 Å². The third-order valence-corrected chi connectivity index (χ3v) is 3.28. The second kappa shape index (κ2) is 5.48. The summed E-state index contributed by atoms with van der Waals surface area (Å²) < 4.78 is 42.8. The second-order valence-corrected chi connectivity index (χ2v) is 4.61. The van der Waals surface area contributed by atoms with Crippen LogP contribution >= 0.6 is 0 Å². The van der Waals surface area contributed by atoms with Gasteiger partial charge in [0, 0.05) is 0 Å². The molecular formula is C13H15F3O3. The maximum Gasteiger partial charge on any atom is 0.416 e. The number of aliphatic hydroxyl groups excluding tert-OH is 2. The van der Waals surface area contributed by atoms with Crippen molar-refractivity contribution in [2.45, 2.75) is 37.3 Å². The molecule has 3 atom stereocenters. The Kier molecular flexibility index (Phi) is 4.13. The number of benzene rings is 1. The summed E-state index contributed by atoms with van der Waals surface area (Å²) in [4.78, 5) is 0. The highest BCUT2D eigenvalue weighted by molar-refractivity contribution is 5.26. The Hall–Kier alpha value is -1.11. The van der Waals surface area contributed by atoms with Gasteiger partial charge in [0.15, 0.2) is 0 Å². The van der Waals surface area contributed by atoms with Crippen molar-refractivity contribution in [1.29, 1.82) is 0 Å². The third-order valence-electron chi connectivity index (χ3n) is 3.28. The molecule has 0 unspecified atom stereocenters. The number of halogens is 3. The van der Waals surface area contributed by atoms with Crippen molar-refractivity contribution >= 4 is 0 Å². The van der Waals surface area contributed by atoms with Crippen molar-refractivity contribution in [2.24, 2.45) is 0 Å². The number of alkyl halides is 3. The van der Waals surface area contributed by atoms with E-state index in [0.29, 0.717) is 18.4 Å². The van der Waals surface area contributed by atoms with E-state index in [4.69, 9.17) is 9.84 Å². The number of hydrogen-bond donors (Lipinski definition) is 2. The van der Waals surface area contributed by atoms with E-state index in [9.17, 15) is 18.3 Å². The van der Waals surface area contributed by atoms with Gasteiger partial charge in [0.05, 0.1) is 24.4 Å². The van der Waals surface area contributed by atoms with E-state index in [1.807, 2.05) is 0 Å². The van der Waals surface area contributed by atoms with Crippen LogP contribution in [0.5, 0.6) is 0 Å². The van der Waals surface area contributed by atoms with E-state index in [0.717, 1.165) is 12.1 Å². The SMILES string of the molecule is OC[C@H]1O[C@@H](c2ccc(C(F)(F)F)cc2)CC[C@@H]1O. The summed E-state index contributed by atoms with van der Waals surface area (Å²) >= 11 is 0. The van der Waals surface area contributed by atoms with Crippen molar-refractivity contribution in [2.75, 3.05) is 6.61 Å². The average molecular weight is 276 g/mol. The van der Waals surface area contributed by atoms with Gasteiger partial charge in [0.25, 0.3) is 0 Å². The molecule has 19 heavy (non-hydrogen) atoms. The number of aliphatic hydroxyl groups is 2. The quantitative estimate of drug-likeness (QED) is 0.871. The van der Waals surface area contributed by atoms with Crippen molar-refractivity contribution < 1.29 is 28.1 Å². The maximum absolute atomic E-state index is 12.4. The van der Waals surface area contributed by atoms with Gasteiger partial charge in [-0.25, -0.2) is 0 Å². The molecule has 0 radical (unpaired) electrons. The topological polar surface area (TPSA) is 49.7 Å². The average Bonchev–Trinajstić information content (AvgIpc) is 2.38. The van der Waals surface area contributed by atoms with Crippen molar-refractivity contribution in [3.8, 4) is 0 Å². The lowest BCUT2D eigenvalue weighted by molar-refractivity contribution is -0.138. The molecule has 0 aliphatic carbocycles. The van der Waals surface area contributed by atoms with Gasteiger partial charge in [-0.2, -0.15) is 13.2 Å². The normalized spacial score (nSPS) is 28.4. The molecule has 1 aromatic carbocycles. The first-order valence-electron chi connectivity index (χ1n) is 6.03. The van der Waals surface area contributed by atoms with Crippen LogP contribution < -0.4 is 0 Å². The van der Waals surface area contributed by atoms with Crippen LogP contribution in [-0.2, 0) is 10.9 Å². The monoisotopic (exact) mass is 276 g/mol. The van der Waals surface area contributed by atoms with E-state index in [1.165, 1.54) is 12.1 Å². The zero-order valence-corrected chi connectivity index (χ0v) is 10.1.